The molecule has 1 rings (SSSR count). The first-order valence-corrected chi connectivity index (χ1v) is 6.40. The van der Waals surface area contributed by atoms with Gasteiger partial charge in [-0.1, -0.05) is 13.3 Å². The number of hydrogen-bond donors (Lipinski definition) is 0. The molecule has 0 aliphatic heterocycles. The number of alkyl halides is 3. The van der Waals surface area contributed by atoms with Crippen molar-refractivity contribution in [3.05, 3.63) is 29.6 Å². The van der Waals surface area contributed by atoms with E-state index in [0.29, 0.717) is 25.0 Å². The fraction of sp³-hybridized carbons (Fsp3) is 0.500. The molecule has 1 atom stereocenters. The van der Waals surface area contributed by atoms with E-state index >= 15 is 0 Å². The average Bonchev–Trinajstić information content (AvgIpc) is 2.43. The third kappa shape index (κ3) is 4.91. The number of esters is 1. The summed E-state index contributed by atoms with van der Waals surface area (Å²) in [5.41, 5.74) is -1.43. The van der Waals surface area contributed by atoms with Crippen molar-refractivity contribution in [3.63, 3.8) is 0 Å². The molecule has 7 heteroatoms. The van der Waals surface area contributed by atoms with Crippen molar-refractivity contribution < 1.29 is 31.8 Å². The van der Waals surface area contributed by atoms with E-state index in [1.165, 1.54) is 0 Å². The van der Waals surface area contributed by atoms with Crippen LogP contribution in [0.3, 0.4) is 0 Å². The van der Waals surface area contributed by atoms with Gasteiger partial charge in [0, 0.05) is 0 Å². The molecule has 0 spiro atoms. The van der Waals surface area contributed by atoms with Gasteiger partial charge in [0.15, 0.2) is 6.10 Å². The van der Waals surface area contributed by atoms with Gasteiger partial charge < -0.3 is 9.47 Å². The number of ether oxygens (including phenoxy) is 2. The van der Waals surface area contributed by atoms with E-state index in [1.54, 1.807) is 0 Å². The Hall–Kier alpha value is -1.79. The molecule has 0 heterocycles. The van der Waals surface area contributed by atoms with Crippen molar-refractivity contribution in [2.45, 2.75) is 38.5 Å². The highest BCUT2D eigenvalue weighted by atomic mass is 19.4. The molecule has 21 heavy (non-hydrogen) atoms. The molecule has 1 aromatic carbocycles. The van der Waals surface area contributed by atoms with E-state index in [4.69, 9.17) is 4.74 Å². The van der Waals surface area contributed by atoms with Crippen LogP contribution in [0, 0.1) is 5.82 Å². The second kappa shape index (κ2) is 7.28. The average molecular weight is 308 g/mol. The first-order chi connectivity index (χ1) is 9.79. The Bertz CT molecular complexity index is 486. The van der Waals surface area contributed by atoms with Crippen molar-refractivity contribution in [2.75, 3.05) is 7.11 Å². The maximum atomic E-state index is 13.2. The van der Waals surface area contributed by atoms with Gasteiger partial charge in [-0.05, 0) is 31.0 Å². The number of rotatable bonds is 6. The summed E-state index contributed by atoms with van der Waals surface area (Å²) in [5, 5.41) is 0. The number of hydrogen-bond acceptors (Lipinski definition) is 3. The molecule has 0 saturated heterocycles. The quantitative estimate of drug-likeness (QED) is 0.589. The third-order valence-electron chi connectivity index (χ3n) is 2.81. The molecule has 0 radical (unpaired) electrons. The highest BCUT2D eigenvalue weighted by Gasteiger charge is 2.34. The fourth-order valence-electron chi connectivity index (χ4n) is 1.71. The van der Waals surface area contributed by atoms with Crippen LogP contribution in [0.2, 0.25) is 0 Å². The molecule has 0 amide bonds. The minimum Gasteiger partial charge on any atom is -0.479 e. The van der Waals surface area contributed by atoms with Gasteiger partial charge in [-0.3, -0.25) is 0 Å². The first kappa shape index (κ1) is 17.3. The lowest BCUT2D eigenvalue weighted by molar-refractivity contribution is -0.149. The van der Waals surface area contributed by atoms with Crippen LogP contribution in [0.4, 0.5) is 17.6 Å². The maximum Gasteiger partial charge on any atom is 0.419 e. The van der Waals surface area contributed by atoms with Gasteiger partial charge in [0.05, 0.1) is 12.7 Å². The summed E-state index contributed by atoms with van der Waals surface area (Å²) in [7, 11) is 1.16. The number of carbonyl (C=O) groups is 1. The second-order valence-electron chi connectivity index (χ2n) is 4.41. The zero-order chi connectivity index (χ0) is 16.0. The van der Waals surface area contributed by atoms with Gasteiger partial charge in [0.25, 0.3) is 0 Å². The Balaban J connectivity index is 2.96. The van der Waals surface area contributed by atoms with E-state index in [9.17, 15) is 22.4 Å². The van der Waals surface area contributed by atoms with E-state index < -0.39 is 29.6 Å². The van der Waals surface area contributed by atoms with Crippen molar-refractivity contribution in [1.82, 2.24) is 0 Å². The van der Waals surface area contributed by atoms with Crippen LogP contribution in [0.25, 0.3) is 0 Å². The van der Waals surface area contributed by atoms with E-state index in [2.05, 4.69) is 4.74 Å². The maximum absolute atomic E-state index is 13.2. The normalized spacial score (nSPS) is 12.9. The Morgan fingerprint density at radius 2 is 2.00 bits per heavy atom. The minimum absolute atomic E-state index is 0.227. The molecule has 0 saturated carbocycles. The summed E-state index contributed by atoms with van der Waals surface area (Å²) in [6, 6.07) is 2.25. The van der Waals surface area contributed by atoms with Gasteiger partial charge >= 0.3 is 12.1 Å². The summed E-state index contributed by atoms with van der Waals surface area (Å²) < 4.78 is 60.7. The Morgan fingerprint density at radius 3 is 2.52 bits per heavy atom. The van der Waals surface area contributed by atoms with Crippen LogP contribution in [0.1, 0.15) is 31.7 Å². The predicted octanol–water partition coefficient (Wildman–Crippen LogP) is 3.96. The van der Waals surface area contributed by atoms with Gasteiger partial charge in [-0.25, -0.2) is 9.18 Å². The van der Waals surface area contributed by atoms with E-state index in [-0.39, 0.29) is 5.75 Å². The van der Waals surface area contributed by atoms with Crippen molar-refractivity contribution in [2.24, 2.45) is 0 Å². The molecule has 0 aliphatic carbocycles. The predicted molar refractivity (Wildman–Crippen MR) is 67.4 cm³/mol. The number of unbranched alkanes of at least 4 members (excludes halogenated alkanes) is 1. The van der Waals surface area contributed by atoms with E-state index in [1.807, 2.05) is 6.92 Å². The smallest absolute Gasteiger partial charge is 0.419 e. The summed E-state index contributed by atoms with van der Waals surface area (Å²) >= 11 is 0. The lowest BCUT2D eigenvalue weighted by Crippen LogP contribution is -2.28. The SMILES string of the molecule is CCCCC(Oc1ccc(F)c(C(F)(F)F)c1)C(=O)OC. The fourth-order valence-corrected chi connectivity index (χ4v) is 1.71. The van der Waals surface area contributed by atoms with Gasteiger partial charge in [-0.2, -0.15) is 13.2 Å². The molecule has 0 fully saturated rings. The van der Waals surface area contributed by atoms with Crippen LogP contribution in [0.15, 0.2) is 18.2 Å². The standard InChI is InChI=1S/C14H16F4O3/c1-3-4-5-12(13(19)20-2)21-9-6-7-11(15)10(8-9)14(16,17)18/h6-8,12H,3-5H2,1-2H3. The Labute approximate surface area is 119 Å². The summed E-state index contributed by atoms with van der Waals surface area (Å²) in [6.45, 7) is 1.90. The van der Waals surface area contributed by atoms with Crippen molar-refractivity contribution in [3.8, 4) is 5.75 Å². The largest absolute Gasteiger partial charge is 0.479 e. The number of benzene rings is 1. The molecule has 0 bridgehead atoms. The minimum atomic E-state index is -4.83. The van der Waals surface area contributed by atoms with Gasteiger partial charge in [-0.15, -0.1) is 0 Å². The van der Waals surface area contributed by atoms with E-state index in [0.717, 1.165) is 19.6 Å². The Kier molecular flexibility index (Phi) is 5.99. The van der Waals surface area contributed by atoms with Crippen LogP contribution in [0.5, 0.6) is 5.75 Å². The molecular formula is C14H16F4O3. The highest BCUT2D eigenvalue weighted by molar-refractivity contribution is 5.74. The van der Waals surface area contributed by atoms with Gasteiger partial charge in [0.1, 0.15) is 11.6 Å². The van der Waals surface area contributed by atoms with Crippen LogP contribution >= 0.6 is 0 Å². The molecular weight excluding hydrogens is 292 g/mol. The Morgan fingerprint density at radius 1 is 1.33 bits per heavy atom. The zero-order valence-corrected chi connectivity index (χ0v) is 11.7. The molecule has 1 aromatic rings. The summed E-state index contributed by atoms with van der Waals surface area (Å²) in [6.07, 6.45) is -4.10. The third-order valence-corrected chi connectivity index (χ3v) is 2.81. The van der Waals surface area contributed by atoms with Gasteiger partial charge in [0.2, 0.25) is 0 Å². The number of methoxy groups -OCH3 is 1. The molecule has 1 unspecified atom stereocenters. The van der Waals surface area contributed by atoms with Crippen LogP contribution in [-0.2, 0) is 15.7 Å². The topological polar surface area (TPSA) is 35.5 Å². The summed E-state index contributed by atoms with van der Waals surface area (Å²) in [5.74, 6) is -2.30. The summed E-state index contributed by atoms with van der Waals surface area (Å²) in [4.78, 5) is 11.5. The van der Waals surface area contributed by atoms with Crippen LogP contribution in [-0.4, -0.2) is 19.2 Å². The molecule has 0 N–H and O–H groups in total. The molecule has 3 nitrogen and oxygen atoms in total. The molecule has 0 aliphatic rings. The zero-order valence-electron chi connectivity index (χ0n) is 11.7. The monoisotopic (exact) mass is 308 g/mol. The first-order valence-electron chi connectivity index (χ1n) is 6.40. The van der Waals surface area contributed by atoms with Crippen LogP contribution < -0.4 is 4.74 Å². The highest BCUT2D eigenvalue weighted by Crippen LogP contribution is 2.34. The lowest BCUT2D eigenvalue weighted by Gasteiger charge is -2.18. The number of halogens is 4. The number of carbonyl (C=O) groups excluding carboxylic acids is 1. The molecule has 118 valence electrons. The lowest BCUT2D eigenvalue weighted by atomic mass is 10.1. The second-order valence-corrected chi connectivity index (χ2v) is 4.41. The van der Waals surface area contributed by atoms with Crippen molar-refractivity contribution >= 4 is 5.97 Å². The van der Waals surface area contributed by atoms with Crippen molar-refractivity contribution in [1.29, 1.82) is 0 Å². The molecule has 0 aromatic heterocycles.